The molecule has 2 atom stereocenters. The monoisotopic (exact) mass is 458 g/mol. The van der Waals surface area contributed by atoms with E-state index < -0.39 is 11.5 Å². The summed E-state index contributed by atoms with van der Waals surface area (Å²) in [4.78, 5) is 27.2. The summed E-state index contributed by atoms with van der Waals surface area (Å²) in [6.45, 7) is 0.897. The van der Waals surface area contributed by atoms with Crippen molar-refractivity contribution in [1.29, 1.82) is 5.26 Å². The molecular formula is C24H22N6O2S. The van der Waals surface area contributed by atoms with E-state index in [1.54, 1.807) is 37.8 Å². The Balaban J connectivity index is 1.61. The minimum Gasteiger partial charge on any atom is -0.493 e. The van der Waals surface area contributed by atoms with Gasteiger partial charge in [-0.3, -0.25) is 9.69 Å². The molecule has 0 spiro atoms. The number of methoxy groups -OCH3 is 1. The van der Waals surface area contributed by atoms with E-state index in [1.807, 2.05) is 40.6 Å². The number of aromatic nitrogens is 1. The van der Waals surface area contributed by atoms with E-state index in [1.165, 1.54) is 4.90 Å². The fourth-order valence-corrected chi connectivity index (χ4v) is 5.70. The summed E-state index contributed by atoms with van der Waals surface area (Å²) < 4.78 is 5.52. The highest BCUT2D eigenvalue weighted by atomic mass is 32.1. The average Bonchev–Trinajstić information content (AvgIpc) is 3.49. The molecule has 2 N–H and O–H groups in total. The number of thiophene rings is 1. The number of benzene rings is 1. The molecule has 3 aromatic rings. The van der Waals surface area contributed by atoms with Crippen LogP contribution in [0.25, 0.3) is 11.1 Å². The highest BCUT2D eigenvalue weighted by Crippen LogP contribution is 2.48. The van der Waals surface area contributed by atoms with Gasteiger partial charge in [0, 0.05) is 24.7 Å². The standard InChI is InChI=1S/C24H22N6O2S/c1-29-22(31)18-12-30(21-19(32-2)7-4-8-27-21)14-24(18,28-23(29)26)20-10-17(13-33-20)16-6-3-5-15(9-16)11-25/h3-10,13,18H,12,14H2,1-2H3,(H2,26,28)/t18?,24-/m0/s1. The fraction of sp³-hybridized carbons (Fsp3) is 0.250. The second-order valence-electron chi connectivity index (χ2n) is 8.15. The SMILES string of the molecule is COc1cccnc1N1CC2C(=O)N(C)C(N)=N[C@@]2(c2cc(-c3cccc(C#N)c3)cs2)C1. The van der Waals surface area contributed by atoms with Gasteiger partial charge in [0.15, 0.2) is 17.5 Å². The van der Waals surface area contributed by atoms with Crippen molar-refractivity contribution in [1.82, 2.24) is 9.88 Å². The van der Waals surface area contributed by atoms with Crippen LogP contribution in [0.1, 0.15) is 10.4 Å². The van der Waals surface area contributed by atoms with Crippen LogP contribution in [0.4, 0.5) is 5.82 Å². The minimum absolute atomic E-state index is 0.0682. The first kappa shape index (κ1) is 21.0. The van der Waals surface area contributed by atoms with E-state index in [9.17, 15) is 10.1 Å². The molecule has 1 saturated heterocycles. The number of rotatable bonds is 4. The van der Waals surface area contributed by atoms with Gasteiger partial charge in [0.1, 0.15) is 5.54 Å². The van der Waals surface area contributed by atoms with Gasteiger partial charge in [0.25, 0.3) is 0 Å². The lowest BCUT2D eigenvalue weighted by Crippen LogP contribution is -2.54. The lowest BCUT2D eigenvalue weighted by Gasteiger charge is -2.36. The van der Waals surface area contributed by atoms with Crippen LogP contribution in [-0.4, -0.2) is 49.0 Å². The largest absolute Gasteiger partial charge is 0.493 e. The van der Waals surface area contributed by atoms with E-state index in [0.717, 1.165) is 16.0 Å². The molecule has 1 amide bonds. The zero-order valence-electron chi connectivity index (χ0n) is 18.2. The number of nitrogens with zero attached hydrogens (tertiary/aromatic N) is 5. The van der Waals surface area contributed by atoms with Crippen molar-refractivity contribution in [2.45, 2.75) is 5.54 Å². The Morgan fingerprint density at radius 3 is 2.91 bits per heavy atom. The summed E-state index contributed by atoms with van der Waals surface area (Å²) in [7, 11) is 3.26. The summed E-state index contributed by atoms with van der Waals surface area (Å²) in [5, 5.41) is 11.3. The van der Waals surface area contributed by atoms with Crippen LogP contribution in [0.5, 0.6) is 5.75 Å². The van der Waals surface area contributed by atoms with Gasteiger partial charge < -0.3 is 15.4 Å². The van der Waals surface area contributed by atoms with E-state index in [0.29, 0.717) is 30.2 Å². The number of fused-ring (bicyclic) bond motifs is 1. The van der Waals surface area contributed by atoms with Crippen molar-refractivity contribution in [2.75, 3.05) is 32.1 Å². The summed E-state index contributed by atoms with van der Waals surface area (Å²) in [6, 6.07) is 15.4. The molecule has 4 heterocycles. The third-order valence-electron chi connectivity index (χ3n) is 6.32. The summed E-state index contributed by atoms with van der Waals surface area (Å²) >= 11 is 1.55. The number of anilines is 1. The Morgan fingerprint density at radius 2 is 2.12 bits per heavy atom. The van der Waals surface area contributed by atoms with Crippen molar-refractivity contribution in [3.05, 3.63) is 64.5 Å². The molecule has 0 radical (unpaired) electrons. The Kier molecular flexibility index (Phi) is 5.02. The number of ether oxygens (including phenoxy) is 1. The van der Waals surface area contributed by atoms with Crippen LogP contribution >= 0.6 is 11.3 Å². The van der Waals surface area contributed by atoms with E-state index >= 15 is 0 Å². The number of hydrogen-bond donors (Lipinski definition) is 1. The molecule has 1 unspecified atom stereocenters. The van der Waals surface area contributed by atoms with Crippen LogP contribution in [-0.2, 0) is 10.3 Å². The smallest absolute Gasteiger partial charge is 0.236 e. The molecule has 5 rings (SSSR count). The molecule has 2 aromatic heterocycles. The molecule has 1 aromatic carbocycles. The zero-order valence-corrected chi connectivity index (χ0v) is 19.0. The molecule has 8 nitrogen and oxygen atoms in total. The lowest BCUT2D eigenvalue weighted by atomic mass is 9.83. The second kappa shape index (κ2) is 7.90. The summed E-state index contributed by atoms with van der Waals surface area (Å²) in [5.74, 6) is 1.04. The molecular weight excluding hydrogens is 436 g/mol. The zero-order chi connectivity index (χ0) is 23.2. The number of nitrogens with two attached hydrogens (primary N) is 1. The van der Waals surface area contributed by atoms with E-state index in [-0.39, 0.29) is 11.9 Å². The molecule has 0 aliphatic carbocycles. The fourth-order valence-electron chi connectivity index (χ4n) is 4.59. The topological polar surface area (TPSA) is 108 Å². The highest BCUT2D eigenvalue weighted by molar-refractivity contribution is 7.10. The van der Waals surface area contributed by atoms with Crippen LogP contribution in [0, 0.1) is 17.2 Å². The highest BCUT2D eigenvalue weighted by Gasteiger charge is 2.56. The number of guanidine groups is 1. The maximum Gasteiger partial charge on any atom is 0.236 e. The number of pyridine rings is 1. The number of amides is 1. The average molecular weight is 459 g/mol. The maximum absolute atomic E-state index is 13.3. The van der Waals surface area contributed by atoms with Crippen molar-refractivity contribution >= 4 is 29.0 Å². The van der Waals surface area contributed by atoms with Crippen molar-refractivity contribution in [3.63, 3.8) is 0 Å². The predicted molar refractivity (Wildman–Crippen MR) is 127 cm³/mol. The number of hydrogen-bond acceptors (Lipinski definition) is 8. The molecule has 33 heavy (non-hydrogen) atoms. The van der Waals surface area contributed by atoms with Gasteiger partial charge in [0.05, 0.1) is 31.2 Å². The third-order valence-corrected chi connectivity index (χ3v) is 7.42. The first-order valence-corrected chi connectivity index (χ1v) is 11.3. The third kappa shape index (κ3) is 3.31. The summed E-state index contributed by atoms with van der Waals surface area (Å²) in [6.07, 6.45) is 1.71. The first-order valence-electron chi connectivity index (χ1n) is 10.4. The first-order chi connectivity index (χ1) is 16.0. The molecule has 2 aliphatic rings. The maximum atomic E-state index is 13.3. The van der Waals surface area contributed by atoms with Gasteiger partial charge in [-0.2, -0.15) is 5.26 Å². The van der Waals surface area contributed by atoms with Crippen LogP contribution in [0.15, 0.2) is 59.0 Å². The normalized spacial score (nSPS) is 22.0. The van der Waals surface area contributed by atoms with Gasteiger partial charge in [0.2, 0.25) is 5.91 Å². The van der Waals surface area contributed by atoms with Crippen LogP contribution in [0.2, 0.25) is 0 Å². The molecule has 166 valence electrons. The van der Waals surface area contributed by atoms with Crippen molar-refractivity contribution in [3.8, 4) is 22.9 Å². The number of carbonyl (C=O) groups excluding carboxylic acids is 1. The molecule has 0 saturated carbocycles. The Bertz CT molecular complexity index is 1310. The molecule has 9 heteroatoms. The van der Waals surface area contributed by atoms with Gasteiger partial charge in [-0.1, -0.05) is 12.1 Å². The number of carbonyl (C=O) groups is 1. The summed E-state index contributed by atoms with van der Waals surface area (Å²) in [5.41, 5.74) is 7.91. The van der Waals surface area contributed by atoms with Crippen molar-refractivity contribution in [2.24, 2.45) is 16.6 Å². The minimum atomic E-state index is -0.827. The quantitative estimate of drug-likeness (QED) is 0.644. The van der Waals surface area contributed by atoms with E-state index in [2.05, 4.69) is 17.1 Å². The lowest BCUT2D eigenvalue weighted by molar-refractivity contribution is -0.132. The molecule has 1 fully saturated rings. The van der Waals surface area contributed by atoms with Crippen LogP contribution < -0.4 is 15.4 Å². The molecule has 2 aliphatic heterocycles. The van der Waals surface area contributed by atoms with Gasteiger partial charge in [-0.05, 0) is 46.8 Å². The van der Waals surface area contributed by atoms with Crippen LogP contribution in [0.3, 0.4) is 0 Å². The Morgan fingerprint density at radius 1 is 1.27 bits per heavy atom. The number of aliphatic imine (C=N–C) groups is 1. The Labute approximate surface area is 195 Å². The van der Waals surface area contributed by atoms with Crippen molar-refractivity contribution < 1.29 is 9.53 Å². The molecule has 0 bridgehead atoms. The van der Waals surface area contributed by atoms with Gasteiger partial charge in [-0.15, -0.1) is 11.3 Å². The number of nitriles is 1. The second-order valence-corrected chi connectivity index (χ2v) is 9.06. The predicted octanol–water partition coefficient (Wildman–Crippen LogP) is 2.81. The van der Waals surface area contributed by atoms with E-state index in [4.69, 9.17) is 15.5 Å². The van der Waals surface area contributed by atoms with Gasteiger partial charge in [-0.25, -0.2) is 9.98 Å². The van der Waals surface area contributed by atoms with Gasteiger partial charge >= 0.3 is 0 Å². The Hall–Kier alpha value is -3.90.